The van der Waals surface area contributed by atoms with Crippen LogP contribution in [0.15, 0.2) is 28.9 Å². The number of nitrogens with two attached hydrogens (primary N) is 1. The zero-order chi connectivity index (χ0) is 8.97. The van der Waals surface area contributed by atoms with Gasteiger partial charge in [-0.1, -0.05) is 6.92 Å². The van der Waals surface area contributed by atoms with Gasteiger partial charge in [-0.25, -0.2) is 0 Å². The van der Waals surface area contributed by atoms with E-state index in [0.29, 0.717) is 17.9 Å². The predicted molar refractivity (Wildman–Crippen MR) is 46.2 cm³/mol. The van der Waals surface area contributed by atoms with Crippen molar-refractivity contribution >= 4 is 11.5 Å². The molecule has 0 unspecified atom stereocenters. The molecule has 0 aliphatic carbocycles. The fourth-order valence-electron chi connectivity index (χ4n) is 0.789. The van der Waals surface area contributed by atoms with E-state index in [2.05, 4.69) is 0 Å². The van der Waals surface area contributed by atoms with E-state index >= 15 is 0 Å². The first-order valence-corrected chi connectivity index (χ1v) is 3.78. The van der Waals surface area contributed by atoms with Crippen molar-refractivity contribution in [1.82, 2.24) is 0 Å². The molecule has 1 aromatic heterocycles. The summed E-state index contributed by atoms with van der Waals surface area (Å²) in [4.78, 5) is 10.9. The van der Waals surface area contributed by atoms with Crippen molar-refractivity contribution in [2.75, 3.05) is 0 Å². The van der Waals surface area contributed by atoms with Crippen molar-refractivity contribution in [3.8, 4) is 0 Å². The minimum atomic E-state index is 0.00361. The Morgan fingerprint density at radius 1 is 1.75 bits per heavy atom. The van der Waals surface area contributed by atoms with Crippen LogP contribution in [0.1, 0.15) is 19.1 Å². The molecule has 0 aliphatic heterocycles. The first-order valence-electron chi connectivity index (χ1n) is 3.78. The van der Waals surface area contributed by atoms with Gasteiger partial charge < -0.3 is 10.2 Å². The predicted octanol–water partition coefficient (Wildman–Crippen LogP) is 1.56. The number of ketones is 1. The van der Waals surface area contributed by atoms with Crippen LogP contribution in [-0.4, -0.2) is 5.78 Å². The third-order valence-electron chi connectivity index (χ3n) is 1.47. The highest BCUT2D eigenvalue weighted by Crippen LogP contribution is 2.08. The van der Waals surface area contributed by atoms with Crippen LogP contribution in [0, 0.1) is 0 Å². The first-order chi connectivity index (χ1) is 5.74. The van der Waals surface area contributed by atoms with Crippen LogP contribution in [0.3, 0.4) is 0 Å². The molecular formula is C9H11NO2. The molecule has 0 radical (unpaired) electrons. The molecule has 0 aromatic carbocycles. The van der Waals surface area contributed by atoms with E-state index in [1.165, 1.54) is 12.3 Å². The second-order valence-corrected chi connectivity index (χ2v) is 2.40. The summed E-state index contributed by atoms with van der Waals surface area (Å²) in [5, 5.41) is 0. The fourth-order valence-corrected chi connectivity index (χ4v) is 0.789. The number of rotatable bonds is 3. The Kier molecular flexibility index (Phi) is 2.69. The van der Waals surface area contributed by atoms with E-state index in [1.54, 1.807) is 19.1 Å². The number of hydrogen-bond acceptors (Lipinski definition) is 3. The van der Waals surface area contributed by atoms with Gasteiger partial charge in [0, 0.05) is 12.5 Å². The Bertz CT molecular complexity index is 285. The van der Waals surface area contributed by atoms with E-state index in [4.69, 9.17) is 10.2 Å². The lowest BCUT2D eigenvalue weighted by Crippen LogP contribution is -1.99. The lowest BCUT2D eigenvalue weighted by molar-refractivity contribution is -0.114. The number of carbonyl (C=O) groups excluding carboxylic acids is 1. The molecular weight excluding hydrogens is 154 g/mol. The molecule has 12 heavy (non-hydrogen) atoms. The van der Waals surface area contributed by atoms with Crippen molar-refractivity contribution < 1.29 is 9.21 Å². The topological polar surface area (TPSA) is 56.2 Å². The average Bonchev–Trinajstić information content (AvgIpc) is 2.56. The third kappa shape index (κ3) is 1.99. The Hall–Kier alpha value is -1.51. The van der Waals surface area contributed by atoms with Gasteiger partial charge in [-0.2, -0.15) is 0 Å². The summed E-state index contributed by atoms with van der Waals surface area (Å²) in [6.45, 7) is 1.79. The van der Waals surface area contributed by atoms with E-state index in [-0.39, 0.29) is 5.78 Å². The zero-order valence-corrected chi connectivity index (χ0v) is 6.91. The van der Waals surface area contributed by atoms with Crippen molar-refractivity contribution in [3.05, 3.63) is 30.2 Å². The van der Waals surface area contributed by atoms with Gasteiger partial charge in [-0.05, 0) is 12.1 Å². The first kappa shape index (κ1) is 8.59. The summed E-state index contributed by atoms with van der Waals surface area (Å²) >= 11 is 0. The summed E-state index contributed by atoms with van der Waals surface area (Å²) in [7, 11) is 0. The second kappa shape index (κ2) is 3.76. The molecule has 0 bridgehead atoms. The molecule has 1 heterocycles. The van der Waals surface area contributed by atoms with Gasteiger partial charge >= 0.3 is 0 Å². The molecule has 1 aromatic rings. The quantitative estimate of drug-likeness (QED) is 0.691. The van der Waals surface area contributed by atoms with Crippen LogP contribution in [0.25, 0.3) is 5.70 Å². The number of furan rings is 1. The van der Waals surface area contributed by atoms with Gasteiger partial charge in [0.2, 0.25) is 0 Å². The van der Waals surface area contributed by atoms with Gasteiger partial charge in [-0.3, -0.25) is 4.79 Å². The fraction of sp³-hybridized carbons (Fsp3) is 0.222. The number of allylic oxidation sites excluding steroid dienone is 1. The van der Waals surface area contributed by atoms with Gasteiger partial charge in [-0.15, -0.1) is 0 Å². The number of carbonyl (C=O) groups is 1. The molecule has 0 saturated heterocycles. The molecule has 1 rings (SSSR count). The van der Waals surface area contributed by atoms with E-state index < -0.39 is 0 Å². The minimum Gasteiger partial charge on any atom is -0.463 e. The summed E-state index contributed by atoms with van der Waals surface area (Å²) in [6.07, 6.45) is 3.37. The van der Waals surface area contributed by atoms with Gasteiger partial charge in [0.1, 0.15) is 5.76 Å². The van der Waals surface area contributed by atoms with Gasteiger partial charge in [0.15, 0.2) is 5.78 Å². The molecule has 3 heteroatoms. The summed E-state index contributed by atoms with van der Waals surface area (Å²) < 4.78 is 5.00. The van der Waals surface area contributed by atoms with Crippen LogP contribution in [0.5, 0.6) is 0 Å². The van der Waals surface area contributed by atoms with Crippen molar-refractivity contribution in [2.24, 2.45) is 5.73 Å². The third-order valence-corrected chi connectivity index (χ3v) is 1.47. The maximum Gasteiger partial charge on any atom is 0.157 e. The highest BCUT2D eigenvalue weighted by molar-refractivity contribution is 5.95. The van der Waals surface area contributed by atoms with Crippen LogP contribution < -0.4 is 5.73 Å². The van der Waals surface area contributed by atoms with Crippen molar-refractivity contribution in [1.29, 1.82) is 0 Å². The standard InChI is InChI=1S/C9H11NO2/c1-2-7(11)6-8(10)9-4-3-5-12-9/h3-6H,2,10H2,1H3/b8-6-. The van der Waals surface area contributed by atoms with Crippen molar-refractivity contribution in [2.45, 2.75) is 13.3 Å². The summed E-state index contributed by atoms with van der Waals surface area (Å²) in [6, 6.07) is 3.45. The maximum atomic E-state index is 10.9. The molecule has 0 aliphatic rings. The molecule has 3 nitrogen and oxygen atoms in total. The van der Waals surface area contributed by atoms with E-state index in [1.807, 2.05) is 0 Å². The largest absolute Gasteiger partial charge is 0.463 e. The Morgan fingerprint density at radius 2 is 2.50 bits per heavy atom. The second-order valence-electron chi connectivity index (χ2n) is 2.40. The normalized spacial score (nSPS) is 11.6. The Morgan fingerprint density at radius 3 is 3.00 bits per heavy atom. The molecule has 2 N–H and O–H groups in total. The molecule has 0 saturated carbocycles. The summed E-state index contributed by atoms with van der Waals surface area (Å²) in [5.41, 5.74) is 5.94. The molecule has 0 fully saturated rings. The minimum absolute atomic E-state index is 0.00361. The maximum absolute atomic E-state index is 10.9. The SMILES string of the molecule is CCC(=O)/C=C(\N)c1ccco1. The van der Waals surface area contributed by atoms with Crippen LogP contribution in [0.4, 0.5) is 0 Å². The van der Waals surface area contributed by atoms with Gasteiger partial charge in [0.25, 0.3) is 0 Å². The monoisotopic (exact) mass is 165 g/mol. The Balaban J connectivity index is 2.77. The zero-order valence-electron chi connectivity index (χ0n) is 6.91. The average molecular weight is 165 g/mol. The van der Waals surface area contributed by atoms with E-state index in [9.17, 15) is 4.79 Å². The highest BCUT2D eigenvalue weighted by Gasteiger charge is 2.00. The smallest absolute Gasteiger partial charge is 0.157 e. The highest BCUT2D eigenvalue weighted by atomic mass is 16.3. The van der Waals surface area contributed by atoms with Crippen molar-refractivity contribution in [3.63, 3.8) is 0 Å². The van der Waals surface area contributed by atoms with Crippen LogP contribution in [-0.2, 0) is 4.79 Å². The molecule has 0 amide bonds. The summed E-state index contributed by atoms with van der Waals surface area (Å²) in [5.74, 6) is 0.542. The van der Waals surface area contributed by atoms with Gasteiger partial charge in [0.05, 0.1) is 12.0 Å². The Labute approximate surface area is 70.9 Å². The van der Waals surface area contributed by atoms with Crippen LogP contribution in [0.2, 0.25) is 0 Å². The number of hydrogen-bond donors (Lipinski definition) is 1. The lowest BCUT2D eigenvalue weighted by atomic mass is 10.2. The van der Waals surface area contributed by atoms with Crippen LogP contribution >= 0.6 is 0 Å². The molecule has 0 spiro atoms. The molecule has 64 valence electrons. The lowest BCUT2D eigenvalue weighted by Gasteiger charge is -1.93. The van der Waals surface area contributed by atoms with E-state index in [0.717, 1.165) is 0 Å². The molecule has 0 atom stereocenters.